The molecule has 0 saturated heterocycles. The normalized spacial score (nSPS) is 16.6. The van der Waals surface area contributed by atoms with Crippen molar-refractivity contribution in [1.29, 1.82) is 5.26 Å². The summed E-state index contributed by atoms with van der Waals surface area (Å²) in [5, 5.41) is 24.3. The van der Waals surface area contributed by atoms with Gasteiger partial charge in [0.2, 0.25) is 5.91 Å². The number of amides is 1. The first-order valence-corrected chi connectivity index (χ1v) is 13.2. The number of benzene rings is 2. The van der Waals surface area contributed by atoms with Crippen molar-refractivity contribution < 1.29 is 23.9 Å². The number of dihydropyridines is 1. The summed E-state index contributed by atoms with van der Waals surface area (Å²) in [7, 11) is 0. The number of carboxylic acids is 1. The molecule has 0 bridgehead atoms. The van der Waals surface area contributed by atoms with Gasteiger partial charge in [0.25, 0.3) is 5.97 Å². The molecule has 1 atom stereocenters. The fourth-order valence-electron chi connectivity index (χ4n) is 4.46. The van der Waals surface area contributed by atoms with Gasteiger partial charge in [-0.2, -0.15) is 5.26 Å². The molecule has 1 aliphatic carbocycles. The lowest BCUT2D eigenvalue weighted by Gasteiger charge is -2.33. The number of carbonyl (C=O) groups excluding carboxylic acids is 2. The Morgan fingerprint density at radius 2 is 1.84 bits per heavy atom. The number of ketones is 1. The van der Waals surface area contributed by atoms with E-state index in [0.717, 1.165) is 30.3 Å². The molecule has 1 amide bonds. The summed E-state index contributed by atoms with van der Waals surface area (Å²) < 4.78 is 13.6. The molecule has 4 rings (SSSR count). The van der Waals surface area contributed by atoms with Crippen LogP contribution in [0.15, 0.2) is 70.4 Å². The van der Waals surface area contributed by atoms with E-state index in [1.54, 1.807) is 12.1 Å². The number of halogens is 1. The van der Waals surface area contributed by atoms with Crippen LogP contribution in [0.1, 0.15) is 63.0 Å². The lowest BCUT2D eigenvalue weighted by molar-refractivity contribution is -0.134. The molecule has 2 aromatic rings. The number of rotatable bonds is 6. The summed E-state index contributed by atoms with van der Waals surface area (Å²) in [5.74, 6) is -1.58. The van der Waals surface area contributed by atoms with Crippen molar-refractivity contribution in [2.24, 2.45) is 0 Å². The number of nitrogens with one attached hydrogen (secondary N) is 2. The van der Waals surface area contributed by atoms with E-state index in [1.807, 2.05) is 24.3 Å². The fourth-order valence-corrected chi connectivity index (χ4v) is 5.33. The zero-order valence-corrected chi connectivity index (χ0v) is 22.3. The minimum Gasteiger partial charge on any atom is -0.481 e. The SMILES string of the molecule is CC(=O)O.CC(C)c1ccccc1NC(=O)CSC1=C(C#N)C(c2ccc(F)cc2)C2=C(CCCC2=O)N1. The molecule has 0 fully saturated rings. The number of anilines is 1. The molecular weight excluding hydrogens is 505 g/mol. The number of carboxylic acid groups (broad SMARTS) is 1. The summed E-state index contributed by atoms with van der Waals surface area (Å²) >= 11 is 1.24. The van der Waals surface area contributed by atoms with Gasteiger partial charge in [-0.1, -0.05) is 55.9 Å². The maximum atomic E-state index is 13.6. The van der Waals surface area contributed by atoms with Crippen LogP contribution in [0, 0.1) is 17.1 Å². The second-order valence-corrected chi connectivity index (χ2v) is 10.2. The zero-order chi connectivity index (χ0) is 27.8. The molecule has 0 radical (unpaired) electrons. The van der Waals surface area contributed by atoms with Crippen LogP contribution in [0.2, 0.25) is 0 Å². The van der Waals surface area contributed by atoms with Crippen molar-refractivity contribution in [2.75, 3.05) is 11.1 Å². The molecule has 2 aromatic carbocycles. The Morgan fingerprint density at radius 3 is 2.47 bits per heavy atom. The fraction of sp³-hybridized carbons (Fsp3) is 0.310. The van der Waals surface area contributed by atoms with Gasteiger partial charge in [0.05, 0.1) is 28.3 Å². The third kappa shape index (κ3) is 7.11. The zero-order valence-electron chi connectivity index (χ0n) is 21.5. The minimum atomic E-state index is -0.833. The number of carbonyl (C=O) groups is 3. The quantitative estimate of drug-likeness (QED) is 0.425. The minimum absolute atomic E-state index is 0.00269. The van der Waals surface area contributed by atoms with Crippen molar-refractivity contribution >= 4 is 35.1 Å². The Morgan fingerprint density at radius 1 is 1.18 bits per heavy atom. The molecule has 2 aliphatic rings. The van der Waals surface area contributed by atoms with Gasteiger partial charge in [-0.25, -0.2) is 4.39 Å². The maximum absolute atomic E-state index is 13.6. The molecular formula is C29H30FN3O4S. The van der Waals surface area contributed by atoms with Crippen LogP contribution in [0.5, 0.6) is 0 Å². The second-order valence-electron chi connectivity index (χ2n) is 9.23. The topological polar surface area (TPSA) is 119 Å². The van der Waals surface area contributed by atoms with Crippen molar-refractivity contribution in [1.82, 2.24) is 5.32 Å². The van der Waals surface area contributed by atoms with Crippen LogP contribution in [0.4, 0.5) is 10.1 Å². The van der Waals surface area contributed by atoms with Crippen molar-refractivity contribution in [2.45, 2.75) is 51.9 Å². The predicted molar refractivity (Wildman–Crippen MR) is 146 cm³/mol. The molecule has 0 saturated carbocycles. The number of hydrogen-bond acceptors (Lipinski definition) is 6. The Balaban J connectivity index is 0.000000934. The summed E-state index contributed by atoms with van der Waals surface area (Å²) in [6, 6.07) is 15.9. The van der Waals surface area contributed by atoms with E-state index in [-0.39, 0.29) is 29.2 Å². The van der Waals surface area contributed by atoms with Crippen molar-refractivity contribution in [3.8, 4) is 6.07 Å². The van der Waals surface area contributed by atoms with Gasteiger partial charge in [0.15, 0.2) is 5.78 Å². The highest BCUT2D eigenvalue weighted by Crippen LogP contribution is 2.44. The lowest BCUT2D eigenvalue weighted by Crippen LogP contribution is -2.31. The Hall–Kier alpha value is -3.90. The Bertz CT molecular complexity index is 1320. The molecule has 38 heavy (non-hydrogen) atoms. The number of aliphatic carboxylic acids is 1. The van der Waals surface area contributed by atoms with E-state index in [4.69, 9.17) is 9.90 Å². The summed E-state index contributed by atoms with van der Waals surface area (Å²) in [6.07, 6.45) is 1.85. The third-order valence-corrected chi connectivity index (χ3v) is 7.09. The number of nitriles is 1. The standard InChI is InChI=1S/C27H26FN3O2S.C2H4O2/c1-16(2)19-6-3-4-7-21(19)30-24(33)15-34-27-20(14-29)25(17-10-12-18(28)13-11-17)26-22(31-27)8-5-9-23(26)32;1-2(3)4/h3-4,6-7,10-13,16,25,31H,5,8-9,15H2,1-2H3,(H,30,33);1H3,(H,3,4). The van der Waals surface area contributed by atoms with Gasteiger partial charge in [0.1, 0.15) is 5.82 Å². The van der Waals surface area contributed by atoms with Crippen LogP contribution in [0.25, 0.3) is 0 Å². The van der Waals surface area contributed by atoms with Gasteiger partial charge in [0, 0.05) is 30.3 Å². The van der Waals surface area contributed by atoms with E-state index >= 15 is 0 Å². The van der Waals surface area contributed by atoms with E-state index in [0.29, 0.717) is 34.6 Å². The van der Waals surface area contributed by atoms with Crippen molar-refractivity contribution in [3.63, 3.8) is 0 Å². The van der Waals surface area contributed by atoms with Crippen LogP contribution in [0.3, 0.4) is 0 Å². The van der Waals surface area contributed by atoms with E-state index in [2.05, 4.69) is 30.6 Å². The number of Topliss-reactive ketones (excluding diaryl/α,β-unsaturated/α-hetero) is 1. The number of nitrogens with zero attached hydrogens (tertiary/aromatic N) is 1. The number of para-hydroxylation sites is 1. The highest BCUT2D eigenvalue weighted by atomic mass is 32.2. The largest absolute Gasteiger partial charge is 0.481 e. The van der Waals surface area contributed by atoms with Gasteiger partial charge >= 0.3 is 0 Å². The predicted octanol–water partition coefficient (Wildman–Crippen LogP) is 5.84. The van der Waals surface area contributed by atoms with E-state index in [1.165, 1.54) is 23.9 Å². The monoisotopic (exact) mass is 535 g/mol. The molecule has 7 nitrogen and oxygen atoms in total. The molecule has 0 spiro atoms. The molecule has 0 aromatic heterocycles. The average Bonchev–Trinajstić information content (AvgIpc) is 2.87. The van der Waals surface area contributed by atoms with Gasteiger partial charge in [-0.05, 0) is 48.1 Å². The smallest absolute Gasteiger partial charge is 0.300 e. The summed E-state index contributed by atoms with van der Waals surface area (Å²) in [6.45, 7) is 5.23. The molecule has 1 heterocycles. The number of thioether (sulfide) groups is 1. The summed E-state index contributed by atoms with van der Waals surface area (Å²) in [4.78, 5) is 34.6. The highest BCUT2D eigenvalue weighted by Gasteiger charge is 2.37. The second kappa shape index (κ2) is 13.1. The van der Waals surface area contributed by atoms with E-state index in [9.17, 15) is 19.2 Å². The number of allylic oxidation sites excluding steroid dienone is 3. The number of hydrogen-bond donors (Lipinski definition) is 3. The van der Waals surface area contributed by atoms with Gasteiger partial charge in [-0.3, -0.25) is 14.4 Å². The third-order valence-electron chi connectivity index (χ3n) is 6.07. The molecule has 9 heteroatoms. The Labute approximate surface area is 225 Å². The average molecular weight is 536 g/mol. The maximum Gasteiger partial charge on any atom is 0.300 e. The van der Waals surface area contributed by atoms with Crippen LogP contribution < -0.4 is 10.6 Å². The molecule has 198 valence electrons. The first-order valence-electron chi connectivity index (χ1n) is 12.3. The molecule has 1 unspecified atom stereocenters. The van der Waals surface area contributed by atoms with Gasteiger partial charge < -0.3 is 15.7 Å². The highest BCUT2D eigenvalue weighted by molar-refractivity contribution is 8.03. The van der Waals surface area contributed by atoms with Crippen LogP contribution in [-0.2, 0) is 14.4 Å². The van der Waals surface area contributed by atoms with Crippen LogP contribution in [-0.4, -0.2) is 28.5 Å². The van der Waals surface area contributed by atoms with Gasteiger partial charge in [-0.15, -0.1) is 0 Å². The summed E-state index contributed by atoms with van der Waals surface area (Å²) in [5.41, 5.74) is 4.27. The van der Waals surface area contributed by atoms with E-state index < -0.39 is 11.9 Å². The van der Waals surface area contributed by atoms with Crippen molar-refractivity contribution in [3.05, 3.63) is 87.3 Å². The molecule has 3 N–H and O–H groups in total. The first kappa shape index (κ1) is 28.7. The Kier molecular flexibility index (Phi) is 9.85. The first-order chi connectivity index (χ1) is 18.1. The molecule has 1 aliphatic heterocycles. The lowest BCUT2D eigenvalue weighted by atomic mass is 9.77. The van der Waals surface area contributed by atoms with Crippen LogP contribution >= 0.6 is 11.8 Å².